The Bertz CT molecular complexity index is 630. The third-order valence-electron chi connectivity index (χ3n) is 4.29. The second kappa shape index (κ2) is 8.42. The Morgan fingerprint density at radius 2 is 2.17 bits per heavy atom. The number of carbonyl (C=O) groups excluding carboxylic acids is 1. The quantitative estimate of drug-likeness (QED) is 0.876. The van der Waals surface area contributed by atoms with Crippen LogP contribution in [0.15, 0.2) is 47.8 Å². The van der Waals surface area contributed by atoms with Crippen LogP contribution in [-0.4, -0.2) is 42.6 Å². The predicted molar refractivity (Wildman–Crippen MR) is 97.1 cm³/mol. The van der Waals surface area contributed by atoms with Gasteiger partial charge in [-0.3, -0.25) is 9.69 Å². The van der Waals surface area contributed by atoms with Gasteiger partial charge in [0.05, 0.1) is 25.2 Å². The van der Waals surface area contributed by atoms with E-state index in [4.69, 9.17) is 4.74 Å². The fourth-order valence-corrected chi connectivity index (χ4v) is 3.69. The van der Waals surface area contributed by atoms with Gasteiger partial charge in [0.15, 0.2) is 0 Å². The lowest BCUT2D eigenvalue weighted by molar-refractivity contribution is -0.123. The van der Waals surface area contributed by atoms with E-state index in [0.29, 0.717) is 13.0 Å². The van der Waals surface area contributed by atoms with Crippen LogP contribution in [0.4, 0.5) is 0 Å². The molecule has 1 fully saturated rings. The van der Waals surface area contributed by atoms with Crippen molar-refractivity contribution in [3.8, 4) is 0 Å². The Morgan fingerprint density at radius 1 is 1.33 bits per heavy atom. The first-order valence-electron chi connectivity index (χ1n) is 8.40. The number of hydrogen-bond donors (Lipinski definition) is 1. The normalized spacial score (nSPS) is 19.8. The monoisotopic (exact) mass is 344 g/mol. The Balaban J connectivity index is 1.49. The minimum Gasteiger partial charge on any atom is -0.373 e. The number of benzene rings is 1. The first kappa shape index (κ1) is 17.1. The fourth-order valence-electron chi connectivity index (χ4n) is 2.99. The summed E-state index contributed by atoms with van der Waals surface area (Å²) in [4.78, 5) is 15.6. The molecule has 2 atom stereocenters. The van der Waals surface area contributed by atoms with E-state index in [1.54, 1.807) is 11.3 Å². The van der Waals surface area contributed by atoms with E-state index in [-0.39, 0.29) is 18.1 Å². The van der Waals surface area contributed by atoms with Crippen LogP contribution in [-0.2, 0) is 22.5 Å². The molecule has 2 heterocycles. The zero-order valence-electron chi connectivity index (χ0n) is 14.0. The number of nitrogens with zero attached hydrogens (tertiary/aromatic N) is 1. The lowest BCUT2D eigenvalue weighted by Gasteiger charge is -2.36. The maximum absolute atomic E-state index is 12.2. The van der Waals surface area contributed by atoms with E-state index in [9.17, 15) is 4.79 Å². The number of thiophene rings is 1. The number of morpholine rings is 1. The zero-order chi connectivity index (χ0) is 16.8. The molecule has 128 valence electrons. The van der Waals surface area contributed by atoms with Crippen molar-refractivity contribution in [3.05, 3.63) is 58.3 Å². The summed E-state index contributed by atoms with van der Waals surface area (Å²) in [5, 5.41) is 5.09. The van der Waals surface area contributed by atoms with Crippen molar-refractivity contribution in [1.29, 1.82) is 0 Å². The molecule has 5 heteroatoms. The summed E-state index contributed by atoms with van der Waals surface area (Å²) in [5.74, 6) is 0.0636. The Labute approximate surface area is 147 Å². The highest BCUT2D eigenvalue weighted by Gasteiger charge is 2.26. The topological polar surface area (TPSA) is 41.6 Å². The first-order chi connectivity index (χ1) is 11.7. The van der Waals surface area contributed by atoms with E-state index in [0.717, 1.165) is 24.5 Å². The van der Waals surface area contributed by atoms with Crippen LogP contribution in [0.1, 0.15) is 17.4 Å². The Kier molecular flexibility index (Phi) is 6.01. The third-order valence-corrected chi connectivity index (χ3v) is 5.16. The summed E-state index contributed by atoms with van der Waals surface area (Å²) in [6, 6.07) is 14.5. The summed E-state index contributed by atoms with van der Waals surface area (Å²) < 4.78 is 5.89. The lowest BCUT2D eigenvalue weighted by Crippen LogP contribution is -2.52. The molecule has 1 saturated heterocycles. The van der Waals surface area contributed by atoms with Crippen LogP contribution in [0.2, 0.25) is 0 Å². The highest BCUT2D eigenvalue weighted by molar-refractivity contribution is 7.10. The number of amides is 1. The fraction of sp³-hybridized carbons (Fsp3) is 0.421. The molecule has 1 aliphatic heterocycles. The maximum Gasteiger partial charge on any atom is 0.225 e. The largest absolute Gasteiger partial charge is 0.373 e. The molecule has 0 saturated carbocycles. The van der Waals surface area contributed by atoms with Crippen LogP contribution in [0.3, 0.4) is 0 Å². The number of rotatable bonds is 6. The van der Waals surface area contributed by atoms with Crippen LogP contribution in [0.5, 0.6) is 0 Å². The molecule has 1 N–H and O–H groups in total. The molecule has 0 aliphatic carbocycles. The minimum atomic E-state index is 0.0102. The van der Waals surface area contributed by atoms with Gasteiger partial charge in [0.25, 0.3) is 0 Å². The summed E-state index contributed by atoms with van der Waals surface area (Å²) in [5.41, 5.74) is 1.31. The van der Waals surface area contributed by atoms with E-state index >= 15 is 0 Å². The van der Waals surface area contributed by atoms with Crippen LogP contribution >= 0.6 is 11.3 Å². The highest BCUT2D eigenvalue weighted by Crippen LogP contribution is 2.14. The predicted octanol–water partition coefficient (Wildman–Crippen LogP) is 2.70. The van der Waals surface area contributed by atoms with E-state index < -0.39 is 0 Å². The Morgan fingerprint density at radius 3 is 2.92 bits per heavy atom. The molecule has 0 spiro atoms. The van der Waals surface area contributed by atoms with Crippen LogP contribution in [0, 0.1) is 0 Å². The minimum absolute atomic E-state index is 0.0102. The number of hydrogen-bond acceptors (Lipinski definition) is 4. The van der Waals surface area contributed by atoms with Gasteiger partial charge in [-0.15, -0.1) is 11.3 Å². The van der Waals surface area contributed by atoms with Gasteiger partial charge in [-0.05, 0) is 23.9 Å². The van der Waals surface area contributed by atoms with Gasteiger partial charge < -0.3 is 10.1 Å². The van der Waals surface area contributed by atoms with Gasteiger partial charge in [0.2, 0.25) is 5.91 Å². The molecule has 1 amide bonds. The molecule has 1 aliphatic rings. The van der Waals surface area contributed by atoms with Crippen molar-refractivity contribution < 1.29 is 9.53 Å². The van der Waals surface area contributed by atoms with Gasteiger partial charge in [-0.25, -0.2) is 0 Å². The van der Waals surface area contributed by atoms with Crippen molar-refractivity contribution in [2.75, 3.05) is 19.7 Å². The average molecular weight is 344 g/mol. The van der Waals surface area contributed by atoms with Gasteiger partial charge in [-0.2, -0.15) is 0 Å². The van der Waals surface area contributed by atoms with Crippen molar-refractivity contribution in [3.63, 3.8) is 0 Å². The lowest BCUT2D eigenvalue weighted by atomic mass is 10.1. The van der Waals surface area contributed by atoms with Gasteiger partial charge in [-0.1, -0.05) is 36.4 Å². The second-order valence-electron chi connectivity index (χ2n) is 6.24. The molecule has 24 heavy (non-hydrogen) atoms. The molecular weight excluding hydrogens is 320 g/mol. The smallest absolute Gasteiger partial charge is 0.225 e. The highest BCUT2D eigenvalue weighted by atomic mass is 32.1. The third kappa shape index (κ3) is 4.90. The molecule has 0 unspecified atom stereocenters. The van der Waals surface area contributed by atoms with Crippen molar-refractivity contribution in [1.82, 2.24) is 10.2 Å². The average Bonchev–Trinajstić information content (AvgIpc) is 3.09. The molecule has 3 rings (SSSR count). The van der Waals surface area contributed by atoms with Gasteiger partial charge in [0.1, 0.15) is 0 Å². The van der Waals surface area contributed by atoms with Gasteiger partial charge in [0, 0.05) is 24.5 Å². The summed E-state index contributed by atoms with van der Waals surface area (Å²) in [6.07, 6.45) is 0.484. The SMILES string of the molecule is C[C@@H](NC(=O)Cc1cccs1)[C@@H]1CN(Cc2ccccc2)CCO1. The summed E-state index contributed by atoms with van der Waals surface area (Å²) in [7, 11) is 0. The van der Waals surface area contributed by atoms with Gasteiger partial charge >= 0.3 is 0 Å². The second-order valence-corrected chi connectivity index (χ2v) is 7.27. The van der Waals surface area contributed by atoms with E-state index in [1.807, 2.05) is 30.5 Å². The molecule has 1 aromatic carbocycles. The number of carbonyl (C=O) groups is 1. The van der Waals surface area contributed by atoms with Crippen LogP contribution in [0.25, 0.3) is 0 Å². The van der Waals surface area contributed by atoms with Crippen LogP contribution < -0.4 is 5.32 Å². The van der Waals surface area contributed by atoms with E-state index in [1.165, 1.54) is 5.56 Å². The standard InChI is InChI=1S/C19H24N2O2S/c1-15(20-19(22)12-17-8-5-11-24-17)18-14-21(9-10-23-18)13-16-6-3-2-4-7-16/h2-8,11,15,18H,9-10,12-14H2,1H3,(H,20,22)/t15-,18+/m1/s1. The summed E-state index contributed by atoms with van der Waals surface area (Å²) in [6.45, 7) is 5.44. The molecule has 1 aromatic heterocycles. The Hall–Kier alpha value is -1.69. The summed E-state index contributed by atoms with van der Waals surface area (Å²) >= 11 is 1.62. The molecule has 0 radical (unpaired) electrons. The molecular formula is C19H24N2O2S. The maximum atomic E-state index is 12.2. The number of nitrogens with one attached hydrogen (secondary N) is 1. The van der Waals surface area contributed by atoms with Crippen molar-refractivity contribution in [2.45, 2.75) is 32.0 Å². The zero-order valence-corrected chi connectivity index (χ0v) is 14.8. The number of ether oxygens (including phenoxy) is 1. The van der Waals surface area contributed by atoms with E-state index in [2.05, 4.69) is 34.5 Å². The first-order valence-corrected chi connectivity index (χ1v) is 9.28. The van der Waals surface area contributed by atoms with Crippen molar-refractivity contribution in [2.24, 2.45) is 0 Å². The molecule has 0 bridgehead atoms. The van der Waals surface area contributed by atoms with Crippen molar-refractivity contribution >= 4 is 17.2 Å². The molecule has 2 aromatic rings. The molecule has 4 nitrogen and oxygen atoms in total.